The molecule has 0 spiro atoms. The maximum atomic E-state index is 12.9. The minimum atomic E-state index is -0.699. The van der Waals surface area contributed by atoms with Crippen molar-refractivity contribution >= 4 is 29.2 Å². The summed E-state index contributed by atoms with van der Waals surface area (Å²) in [5.74, 6) is -1.68. The van der Waals surface area contributed by atoms with Gasteiger partial charge in [-0.3, -0.25) is 4.79 Å². The third-order valence-electron chi connectivity index (χ3n) is 4.90. The van der Waals surface area contributed by atoms with Gasteiger partial charge in [-0.05, 0) is 36.2 Å². The Morgan fingerprint density at radius 3 is 2.48 bits per heavy atom. The molecule has 0 bridgehead atoms. The number of hydrogen-bond donors (Lipinski definition) is 1. The zero-order valence-corrected chi connectivity index (χ0v) is 17.6. The van der Waals surface area contributed by atoms with Crippen molar-refractivity contribution in [2.24, 2.45) is 0 Å². The predicted molar refractivity (Wildman–Crippen MR) is 115 cm³/mol. The number of rotatable bonds is 6. The molecule has 1 heterocycles. The molecule has 2 aromatic carbocycles. The van der Waals surface area contributed by atoms with Crippen LogP contribution in [0.1, 0.15) is 22.8 Å². The molecule has 0 atom stereocenters. The number of carbonyl (C=O) groups excluding carboxylic acids is 3. The second-order valence-corrected chi connectivity index (χ2v) is 6.73. The number of nitrogens with zero attached hydrogens (tertiary/aromatic N) is 1. The largest absolute Gasteiger partial charge is 0.466 e. The maximum Gasteiger partial charge on any atom is 0.355 e. The molecule has 1 N–H and O–H groups in total. The molecule has 1 aliphatic heterocycles. The molecule has 8 nitrogen and oxygen atoms in total. The molecule has 0 radical (unpaired) electrons. The second kappa shape index (κ2) is 9.90. The van der Waals surface area contributed by atoms with Gasteiger partial charge in [-0.1, -0.05) is 31.2 Å². The fourth-order valence-electron chi connectivity index (χ4n) is 3.31. The van der Waals surface area contributed by atoms with Gasteiger partial charge in [0.1, 0.15) is 12.4 Å². The number of para-hydroxylation sites is 1. The summed E-state index contributed by atoms with van der Waals surface area (Å²) < 4.78 is 15.1. The van der Waals surface area contributed by atoms with Crippen molar-refractivity contribution in [2.75, 3.05) is 37.8 Å². The topological polar surface area (TPSA) is 94.2 Å². The summed E-state index contributed by atoms with van der Waals surface area (Å²) in [5.41, 5.74) is 2.72. The summed E-state index contributed by atoms with van der Waals surface area (Å²) in [4.78, 5) is 39.0. The fraction of sp³-hybridized carbons (Fsp3) is 0.261. The lowest BCUT2D eigenvalue weighted by Crippen LogP contribution is -2.38. The quantitative estimate of drug-likeness (QED) is 0.713. The van der Waals surface area contributed by atoms with Crippen molar-refractivity contribution < 1.29 is 28.6 Å². The van der Waals surface area contributed by atoms with Gasteiger partial charge in [0, 0.05) is 16.9 Å². The third kappa shape index (κ3) is 4.75. The molecule has 0 aliphatic carbocycles. The SMILES string of the molecule is CCc1ccccc1NC(=O)c1cccc(N2COCC(C(=O)OC)=C2C(=O)OC)c1. The van der Waals surface area contributed by atoms with Gasteiger partial charge < -0.3 is 24.4 Å². The molecule has 0 fully saturated rings. The molecule has 8 heteroatoms. The highest BCUT2D eigenvalue weighted by molar-refractivity contribution is 6.06. The van der Waals surface area contributed by atoms with Crippen LogP contribution in [0.5, 0.6) is 0 Å². The third-order valence-corrected chi connectivity index (χ3v) is 4.90. The van der Waals surface area contributed by atoms with Crippen LogP contribution in [0.3, 0.4) is 0 Å². The summed E-state index contributed by atoms with van der Waals surface area (Å²) in [7, 11) is 2.45. The standard InChI is InChI=1S/C23H24N2O6/c1-4-15-8-5-6-11-19(15)24-21(26)16-9-7-10-17(12-16)25-14-31-13-18(22(27)29-2)20(25)23(28)30-3/h5-12H,4,13-14H2,1-3H3,(H,24,26). The van der Waals surface area contributed by atoms with E-state index < -0.39 is 11.9 Å². The number of ether oxygens (including phenoxy) is 3. The number of benzene rings is 2. The molecule has 0 saturated carbocycles. The smallest absolute Gasteiger partial charge is 0.355 e. The molecule has 0 saturated heterocycles. The molecule has 1 aliphatic rings. The average molecular weight is 424 g/mol. The summed E-state index contributed by atoms with van der Waals surface area (Å²) in [6.07, 6.45) is 0.783. The molecule has 162 valence electrons. The number of hydrogen-bond acceptors (Lipinski definition) is 7. The monoisotopic (exact) mass is 424 g/mol. The summed E-state index contributed by atoms with van der Waals surface area (Å²) in [6, 6.07) is 14.3. The van der Waals surface area contributed by atoms with Gasteiger partial charge in [-0.2, -0.15) is 0 Å². The first-order valence-corrected chi connectivity index (χ1v) is 9.74. The predicted octanol–water partition coefficient (Wildman–Crippen LogP) is 2.90. The zero-order chi connectivity index (χ0) is 22.4. The number of carbonyl (C=O) groups is 3. The molecular formula is C23H24N2O6. The summed E-state index contributed by atoms with van der Waals surface area (Å²) in [5, 5.41) is 2.92. The highest BCUT2D eigenvalue weighted by Gasteiger charge is 2.32. The van der Waals surface area contributed by atoms with Crippen molar-refractivity contribution in [3.63, 3.8) is 0 Å². The lowest BCUT2D eigenvalue weighted by atomic mass is 10.1. The van der Waals surface area contributed by atoms with E-state index in [2.05, 4.69) is 5.32 Å². The van der Waals surface area contributed by atoms with Crippen LogP contribution in [-0.4, -0.2) is 45.4 Å². The van der Waals surface area contributed by atoms with E-state index in [1.807, 2.05) is 31.2 Å². The van der Waals surface area contributed by atoms with E-state index in [9.17, 15) is 14.4 Å². The lowest BCUT2D eigenvalue weighted by molar-refractivity contribution is -0.140. The van der Waals surface area contributed by atoms with Gasteiger partial charge in [-0.15, -0.1) is 0 Å². The normalized spacial score (nSPS) is 13.6. The Hall–Kier alpha value is -3.65. The Morgan fingerprint density at radius 2 is 1.77 bits per heavy atom. The average Bonchev–Trinajstić information content (AvgIpc) is 2.82. The van der Waals surface area contributed by atoms with Crippen LogP contribution in [0, 0.1) is 0 Å². The van der Waals surface area contributed by atoms with Gasteiger partial charge in [0.25, 0.3) is 5.91 Å². The molecule has 1 amide bonds. The first-order chi connectivity index (χ1) is 15.0. The Bertz CT molecular complexity index is 1030. The van der Waals surface area contributed by atoms with E-state index in [1.54, 1.807) is 24.3 Å². The molecule has 2 aromatic rings. The van der Waals surface area contributed by atoms with Crippen LogP contribution in [0.15, 0.2) is 59.8 Å². The molecular weight excluding hydrogens is 400 g/mol. The van der Waals surface area contributed by atoms with Crippen molar-refractivity contribution in [1.29, 1.82) is 0 Å². The van der Waals surface area contributed by atoms with Crippen LogP contribution in [0.2, 0.25) is 0 Å². The highest BCUT2D eigenvalue weighted by atomic mass is 16.5. The number of methoxy groups -OCH3 is 2. The highest BCUT2D eigenvalue weighted by Crippen LogP contribution is 2.28. The fourth-order valence-corrected chi connectivity index (χ4v) is 3.31. The number of esters is 2. The summed E-state index contributed by atoms with van der Waals surface area (Å²) >= 11 is 0. The maximum absolute atomic E-state index is 12.9. The van der Waals surface area contributed by atoms with E-state index in [0.717, 1.165) is 17.7 Å². The van der Waals surface area contributed by atoms with Gasteiger partial charge >= 0.3 is 11.9 Å². The van der Waals surface area contributed by atoms with E-state index >= 15 is 0 Å². The van der Waals surface area contributed by atoms with Crippen molar-refractivity contribution in [2.45, 2.75) is 13.3 Å². The molecule has 0 unspecified atom stereocenters. The van der Waals surface area contributed by atoms with Gasteiger partial charge in [-0.25, -0.2) is 9.59 Å². The number of nitrogens with one attached hydrogen (secondary N) is 1. The first kappa shape index (κ1) is 22.0. The van der Waals surface area contributed by atoms with Gasteiger partial charge in [0.15, 0.2) is 0 Å². The zero-order valence-electron chi connectivity index (χ0n) is 17.6. The minimum Gasteiger partial charge on any atom is -0.466 e. The molecule has 0 aromatic heterocycles. The Balaban J connectivity index is 1.95. The second-order valence-electron chi connectivity index (χ2n) is 6.73. The summed E-state index contributed by atoms with van der Waals surface area (Å²) in [6.45, 7) is 1.94. The first-order valence-electron chi connectivity index (χ1n) is 9.74. The number of aryl methyl sites for hydroxylation is 1. The van der Waals surface area contributed by atoms with E-state index in [0.29, 0.717) is 11.3 Å². The van der Waals surface area contributed by atoms with Crippen molar-refractivity contribution in [3.05, 3.63) is 70.9 Å². The van der Waals surface area contributed by atoms with Crippen LogP contribution < -0.4 is 10.2 Å². The Labute approximate surface area is 180 Å². The minimum absolute atomic E-state index is 0.00860. The van der Waals surface area contributed by atoms with Crippen LogP contribution in [0.25, 0.3) is 0 Å². The van der Waals surface area contributed by atoms with E-state index in [-0.39, 0.29) is 30.5 Å². The van der Waals surface area contributed by atoms with E-state index in [4.69, 9.17) is 14.2 Å². The van der Waals surface area contributed by atoms with Crippen molar-refractivity contribution in [1.82, 2.24) is 0 Å². The lowest BCUT2D eigenvalue weighted by Gasteiger charge is -2.31. The number of anilines is 2. The van der Waals surface area contributed by atoms with Gasteiger partial charge in [0.2, 0.25) is 0 Å². The Morgan fingerprint density at radius 1 is 1.03 bits per heavy atom. The van der Waals surface area contributed by atoms with Crippen molar-refractivity contribution in [3.8, 4) is 0 Å². The van der Waals surface area contributed by atoms with Gasteiger partial charge in [0.05, 0.1) is 26.4 Å². The Kier molecular flexibility index (Phi) is 7.04. The molecule has 31 heavy (non-hydrogen) atoms. The van der Waals surface area contributed by atoms with Crippen LogP contribution >= 0.6 is 0 Å². The van der Waals surface area contributed by atoms with Crippen LogP contribution in [0.4, 0.5) is 11.4 Å². The van der Waals surface area contributed by atoms with E-state index in [1.165, 1.54) is 19.1 Å². The van der Waals surface area contributed by atoms with Crippen LogP contribution in [-0.2, 0) is 30.2 Å². The molecule has 3 rings (SSSR count). The number of amides is 1.